The molecule has 0 atom stereocenters. The molecule has 2 aromatic rings. The van der Waals surface area contributed by atoms with Gasteiger partial charge < -0.3 is 19.4 Å². The molecule has 7 nitrogen and oxygen atoms in total. The molecule has 0 aliphatic carbocycles. The maximum absolute atomic E-state index is 12.8. The van der Waals surface area contributed by atoms with Crippen molar-refractivity contribution in [2.75, 3.05) is 44.2 Å². The Balaban J connectivity index is 1.36. The van der Waals surface area contributed by atoms with Crippen molar-refractivity contribution in [3.63, 3.8) is 0 Å². The van der Waals surface area contributed by atoms with E-state index in [-0.39, 0.29) is 12.0 Å². The summed E-state index contributed by atoms with van der Waals surface area (Å²) in [5, 5.41) is 0. The number of hydrogen-bond donors (Lipinski definition) is 0. The Labute approximate surface area is 170 Å². The second-order valence-corrected chi connectivity index (χ2v) is 7.32. The van der Waals surface area contributed by atoms with Gasteiger partial charge >= 0.3 is 6.09 Å². The van der Waals surface area contributed by atoms with E-state index in [1.54, 1.807) is 29.0 Å². The third kappa shape index (κ3) is 4.18. The molecule has 1 fully saturated rings. The van der Waals surface area contributed by atoms with Gasteiger partial charge in [0.1, 0.15) is 5.69 Å². The Hall–Kier alpha value is -3.09. The summed E-state index contributed by atoms with van der Waals surface area (Å²) in [5.41, 5.74) is 4.22. The first-order valence-electron chi connectivity index (χ1n) is 10.1. The molecule has 29 heavy (non-hydrogen) atoms. The molecule has 0 unspecified atom stereocenters. The van der Waals surface area contributed by atoms with Crippen LogP contribution in [-0.4, -0.2) is 66.1 Å². The fraction of sp³-hybridized carbons (Fsp3) is 0.409. The van der Waals surface area contributed by atoms with Crippen LogP contribution in [0.4, 0.5) is 10.5 Å². The van der Waals surface area contributed by atoms with Gasteiger partial charge in [-0.25, -0.2) is 9.78 Å². The average Bonchev–Trinajstić information content (AvgIpc) is 2.78. The summed E-state index contributed by atoms with van der Waals surface area (Å²) in [6, 6.07) is 12.3. The van der Waals surface area contributed by atoms with E-state index in [2.05, 4.69) is 34.1 Å². The third-order valence-corrected chi connectivity index (χ3v) is 5.56. The van der Waals surface area contributed by atoms with Crippen molar-refractivity contribution in [1.29, 1.82) is 0 Å². The molecule has 0 N–H and O–H groups in total. The summed E-state index contributed by atoms with van der Waals surface area (Å²) in [4.78, 5) is 34.7. The fourth-order valence-electron chi connectivity index (χ4n) is 3.88. The molecule has 2 amide bonds. The van der Waals surface area contributed by atoms with Crippen molar-refractivity contribution in [2.45, 2.75) is 19.9 Å². The van der Waals surface area contributed by atoms with Crippen LogP contribution in [0, 0.1) is 0 Å². The zero-order chi connectivity index (χ0) is 20.2. The van der Waals surface area contributed by atoms with Gasteiger partial charge in [0.05, 0.1) is 18.5 Å². The number of anilines is 1. The van der Waals surface area contributed by atoms with E-state index in [0.29, 0.717) is 38.5 Å². The minimum absolute atomic E-state index is 0.0935. The molecular weight excluding hydrogens is 368 g/mol. The van der Waals surface area contributed by atoms with Crippen LogP contribution in [0.3, 0.4) is 0 Å². The van der Waals surface area contributed by atoms with Crippen molar-refractivity contribution in [1.82, 2.24) is 14.8 Å². The molecule has 4 rings (SSSR count). The smallest absolute Gasteiger partial charge is 0.409 e. The van der Waals surface area contributed by atoms with Crippen LogP contribution in [0.1, 0.15) is 28.5 Å². The molecule has 1 aromatic heterocycles. The zero-order valence-corrected chi connectivity index (χ0v) is 16.7. The highest BCUT2D eigenvalue weighted by Gasteiger charge is 2.26. The average molecular weight is 394 g/mol. The molecule has 152 valence electrons. The largest absolute Gasteiger partial charge is 0.450 e. The summed E-state index contributed by atoms with van der Waals surface area (Å²) in [7, 11) is 0. The van der Waals surface area contributed by atoms with Crippen LogP contribution in [0.15, 0.2) is 42.6 Å². The lowest BCUT2D eigenvalue weighted by Crippen LogP contribution is -2.50. The molecule has 7 heteroatoms. The molecule has 1 aromatic carbocycles. The molecule has 2 aliphatic rings. The van der Waals surface area contributed by atoms with Crippen LogP contribution < -0.4 is 4.90 Å². The van der Waals surface area contributed by atoms with Gasteiger partial charge in [-0.15, -0.1) is 0 Å². The van der Waals surface area contributed by atoms with E-state index in [4.69, 9.17) is 4.74 Å². The Bertz CT molecular complexity index is 876. The number of rotatable bonds is 3. The van der Waals surface area contributed by atoms with Crippen molar-refractivity contribution in [2.24, 2.45) is 0 Å². The Morgan fingerprint density at radius 1 is 0.966 bits per heavy atom. The minimum Gasteiger partial charge on any atom is -0.450 e. The van der Waals surface area contributed by atoms with Crippen molar-refractivity contribution in [3.05, 3.63) is 59.4 Å². The molecule has 0 radical (unpaired) electrons. The number of carbonyl (C=O) groups is 2. The highest BCUT2D eigenvalue weighted by molar-refractivity contribution is 5.92. The number of ether oxygens (including phenoxy) is 1. The van der Waals surface area contributed by atoms with Crippen LogP contribution in [0.25, 0.3) is 0 Å². The number of pyridine rings is 1. The van der Waals surface area contributed by atoms with Crippen LogP contribution in [-0.2, 0) is 17.7 Å². The monoisotopic (exact) mass is 394 g/mol. The topological polar surface area (TPSA) is 66.0 Å². The van der Waals surface area contributed by atoms with Gasteiger partial charge in [0.2, 0.25) is 0 Å². The van der Waals surface area contributed by atoms with Crippen LogP contribution >= 0.6 is 0 Å². The van der Waals surface area contributed by atoms with E-state index in [1.165, 1.54) is 11.1 Å². The number of hydrogen-bond acceptors (Lipinski definition) is 5. The lowest BCUT2D eigenvalue weighted by molar-refractivity contribution is 0.0566. The predicted molar refractivity (Wildman–Crippen MR) is 110 cm³/mol. The zero-order valence-electron chi connectivity index (χ0n) is 16.7. The SMILES string of the molecule is CCOC(=O)N1CCN(C(=O)c2ccc(N3CCc4ccccc4C3)cn2)CC1. The summed E-state index contributed by atoms with van der Waals surface area (Å²) in [6.45, 7) is 5.90. The number of piperazine rings is 1. The number of carbonyl (C=O) groups excluding carboxylic acids is 2. The van der Waals surface area contributed by atoms with Gasteiger partial charge in [-0.05, 0) is 36.6 Å². The molecular formula is C22H26N4O3. The second kappa shape index (κ2) is 8.51. The van der Waals surface area contributed by atoms with Gasteiger partial charge in [-0.3, -0.25) is 4.79 Å². The van der Waals surface area contributed by atoms with E-state index in [0.717, 1.165) is 25.2 Å². The van der Waals surface area contributed by atoms with E-state index >= 15 is 0 Å². The van der Waals surface area contributed by atoms with Gasteiger partial charge in [0.25, 0.3) is 5.91 Å². The highest BCUT2D eigenvalue weighted by atomic mass is 16.6. The summed E-state index contributed by atoms with van der Waals surface area (Å²) < 4.78 is 5.02. The number of nitrogens with zero attached hydrogens (tertiary/aromatic N) is 4. The van der Waals surface area contributed by atoms with Crippen molar-refractivity contribution >= 4 is 17.7 Å². The predicted octanol–water partition coefficient (Wildman–Crippen LogP) is 2.56. The van der Waals surface area contributed by atoms with E-state index < -0.39 is 0 Å². The maximum atomic E-state index is 12.8. The molecule has 0 bridgehead atoms. The van der Waals surface area contributed by atoms with Crippen molar-refractivity contribution in [3.8, 4) is 0 Å². The summed E-state index contributed by atoms with van der Waals surface area (Å²) in [6.07, 6.45) is 2.49. The Kier molecular flexibility index (Phi) is 5.64. The van der Waals surface area contributed by atoms with Gasteiger partial charge in [0, 0.05) is 39.3 Å². The second-order valence-electron chi connectivity index (χ2n) is 7.32. The number of amides is 2. The maximum Gasteiger partial charge on any atom is 0.409 e. The van der Waals surface area contributed by atoms with Gasteiger partial charge in [0.15, 0.2) is 0 Å². The summed E-state index contributed by atoms with van der Waals surface area (Å²) >= 11 is 0. The fourth-order valence-corrected chi connectivity index (χ4v) is 3.88. The normalized spacial score (nSPS) is 16.4. The molecule has 0 spiro atoms. The van der Waals surface area contributed by atoms with Gasteiger partial charge in [-0.2, -0.15) is 0 Å². The quantitative estimate of drug-likeness (QED) is 0.801. The lowest BCUT2D eigenvalue weighted by atomic mass is 10.00. The Morgan fingerprint density at radius 2 is 1.69 bits per heavy atom. The highest BCUT2D eigenvalue weighted by Crippen LogP contribution is 2.24. The van der Waals surface area contributed by atoms with E-state index in [9.17, 15) is 9.59 Å². The molecule has 2 aliphatic heterocycles. The minimum atomic E-state index is -0.315. The number of aromatic nitrogens is 1. The first-order valence-corrected chi connectivity index (χ1v) is 10.1. The molecule has 0 saturated carbocycles. The van der Waals surface area contributed by atoms with Crippen molar-refractivity contribution < 1.29 is 14.3 Å². The standard InChI is InChI=1S/C22H26N4O3/c1-2-29-22(28)25-13-11-24(12-14-25)21(27)20-8-7-19(15-23-20)26-10-9-17-5-3-4-6-18(17)16-26/h3-8,15H,2,9-14,16H2,1H3. The number of fused-ring (bicyclic) bond motifs is 1. The third-order valence-electron chi connectivity index (χ3n) is 5.56. The summed E-state index contributed by atoms with van der Waals surface area (Å²) in [5.74, 6) is -0.0935. The Morgan fingerprint density at radius 3 is 2.38 bits per heavy atom. The van der Waals surface area contributed by atoms with Gasteiger partial charge in [-0.1, -0.05) is 24.3 Å². The van der Waals surface area contributed by atoms with Crippen LogP contribution in [0.2, 0.25) is 0 Å². The first kappa shape index (κ1) is 19.2. The van der Waals surface area contributed by atoms with Crippen LogP contribution in [0.5, 0.6) is 0 Å². The molecule has 1 saturated heterocycles. The lowest BCUT2D eigenvalue weighted by Gasteiger charge is -2.34. The van der Waals surface area contributed by atoms with E-state index in [1.807, 2.05) is 6.07 Å². The molecule has 3 heterocycles. The number of benzene rings is 1. The first-order chi connectivity index (χ1) is 14.2.